The fourth-order valence-corrected chi connectivity index (χ4v) is 2.74. The Labute approximate surface area is 93.2 Å². The highest BCUT2D eigenvalue weighted by atomic mass is 35.5. The van der Waals surface area contributed by atoms with Crippen molar-refractivity contribution in [1.82, 2.24) is 0 Å². The first-order valence-corrected chi connectivity index (χ1v) is 6.23. The Bertz CT molecular complexity index is 525. The van der Waals surface area contributed by atoms with Gasteiger partial charge in [-0.15, -0.1) is 4.40 Å². The van der Waals surface area contributed by atoms with Gasteiger partial charge in [-0.2, -0.15) is 8.42 Å². The summed E-state index contributed by atoms with van der Waals surface area (Å²) in [5.41, 5.74) is 0.622. The third-order valence-electron chi connectivity index (χ3n) is 2.18. The fraction of sp³-hybridized carbons (Fsp3) is 0.222. The second-order valence-corrected chi connectivity index (χ2v) is 5.13. The largest absolute Gasteiger partial charge is 0.331 e. The van der Waals surface area contributed by atoms with Crippen molar-refractivity contribution < 1.29 is 8.42 Å². The Kier molecular flexibility index (Phi) is 2.44. The number of halogens is 1. The van der Waals surface area contributed by atoms with Gasteiger partial charge < -0.3 is 4.90 Å². The Morgan fingerprint density at radius 2 is 2.20 bits per heavy atom. The van der Waals surface area contributed by atoms with E-state index in [2.05, 4.69) is 4.40 Å². The van der Waals surface area contributed by atoms with E-state index in [9.17, 15) is 8.42 Å². The van der Waals surface area contributed by atoms with Crippen molar-refractivity contribution in [3.05, 3.63) is 23.2 Å². The monoisotopic (exact) mass is 244 g/mol. The van der Waals surface area contributed by atoms with Crippen molar-refractivity contribution in [1.29, 1.82) is 0 Å². The summed E-state index contributed by atoms with van der Waals surface area (Å²) in [6, 6.07) is 4.77. The Balaban J connectivity index is 2.70. The molecular formula is C9H9ClN2O2S. The van der Waals surface area contributed by atoms with Crippen molar-refractivity contribution in [3.63, 3.8) is 0 Å². The van der Waals surface area contributed by atoms with Gasteiger partial charge in [0.2, 0.25) is 0 Å². The summed E-state index contributed by atoms with van der Waals surface area (Å²) in [6.45, 7) is 2.58. The van der Waals surface area contributed by atoms with Gasteiger partial charge in [0.05, 0.1) is 5.69 Å². The van der Waals surface area contributed by atoms with Gasteiger partial charge in [-0.05, 0) is 25.1 Å². The summed E-state index contributed by atoms with van der Waals surface area (Å²) in [7, 11) is -3.56. The maximum absolute atomic E-state index is 11.6. The standard InChI is InChI=1S/C9H9ClN2O2S/c1-2-12-6-11-15(13,14)9-5-7(10)3-4-8(9)12/h3-6H,2H2,1H3. The minimum atomic E-state index is -3.56. The molecule has 6 heteroatoms. The van der Waals surface area contributed by atoms with Crippen LogP contribution in [0.4, 0.5) is 5.69 Å². The van der Waals surface area contributed by atoms with Gasteiger partial charge in [0.15, 0.2) is 0 Å². The molecule has 15 heavy (non-hydrogen) atoms. The zero-order valence-corrected chi connectivity index (χ0v) is 9.59. The number of fused-ring (bicyclic) bond motifs is 1. The lowest BCUT2D eigenvalue weighted by Crippen LogP contribution is -2.26. The Morgan fingerprint density at radius 3 is 2.87 bits per heavy atom. The van der Waals surface area contributed by atoms with Crippen molar-refractivity contribution in [2.75, 3.05) is 11.4 Å². The maximum Gasteiger partial charge on any atom is 0.285 e. The molecule has 0 saturated carbocycles. The van der Waals surface area contributed by atoms with Crippen LogP contribution in [0.3, 0.4) is 0 Å². The third kappa shape index (κ3) is 1.72. The normalized spacial score (nSPS) is 17.6. The highest BCUT2D eigenvalue weighted by Gasteiger charge is 2.24. The van der Waals surface area contributed by atoms with Gasteiger partial charge in [-0.25, -0.2) is 0 Å². The van der Waals surface area contributed by atoms with E-state index in [4.69, 9.17) is 11.6 Å². The van der Waals surface area contributed by atoms with E-state index in [1.54, 1.807) is 17.0 Å². The molecule has 0 amide bonds. The van der Waals surface area contributed by atoms with Crippen molar-refractivity contribution >= 4 is 33.7 Å². The van der Waals surface area contributed by atoms with Gasteiger partial charge in [-0.3, -0.25) is 0 Å². The van der Waals surface area contributed by atoms with Gasteiger partial charge in [0.25, 0.3) is 10.0 Å². The molecular weight excluding hydrogens is 236 g/mol. The molecule has 1 aliphatic rings. The van der Waals surface area contributed by atoms with Gasteiger partial charge >= 0.3 is 0 Å². The van der Waals surface area contributed by atoms with Crippen LogP contribution in [0.2, 0.25) is 5.02 Å². The van der Waals surface area contributed by atoms with Crippen LogP contribution in [-0.4, -0.2) is 21.3 Å². The molecule has 2 rings (SSSR count). The van der Waals surface area contributed by atoms with E-state index in [1.165, 1.54) is 12.4 Å². The van der Waals surface area contributed by atoms with E-state index >= 15 is 0 Å². The smallest absolute Gasteiger partial charge is 0.285 e. The number of rotatable bonds is 1. The molecule has 1 heterocycles. The van der Waals surface area contributed by atoms with Crippen LogP contribution >= 0.6 is 11.6 Å². The summed E-state index contributed by atoms with van der Waals surface area (Å²) >= 11 is 5.76. The minimum Gasteiger partial charge on any atom is -0.331 e. The molecule has 0 atom stereocenters. The van der Waals surface area contributed by atoms with Crippen LogP contribution in [0.15, 0.2) is 27.5 Å². The van der Waals surface area contributed by atoms with Crippen LogP contribution < -0.4 is 4.90 Å². The number of hydrogen-bond acceptors (Lipinski definition) is 3. The second kappa shape index (κ2) is 3.50. The third-order valence-corrected chi connectivity index (χ3v) is 3.66. The molecule has 1 aromatic rings. The number of sulfonamides is 1. The summed E-state index contributed by atoms with van der Waals surface area (Å²) in [6.07, 6.45) is 1.32. The molecule has 0 bridgehead atoms. The molecule has 0 aliphatic carbocycles. The number of nitrogens with zero attached hydrogens (tertiary/aromatic N) is 2. The van der Waals surface area contributed by atoms with E-state index in [0.29, 0.717) is 17.3 Å². The van der Waals surface area contributed by atoms with Crippen molar-refractivity contribution in [2.45, 2.75) is 11.8 Å². The molecule has 4 nitrogen and oxygen atoms in total. The van der Waals surface area contributed by atoms with Gasteiger partial charge in [0.1, 0.15) is 11.2 Å². The van der Waals surface area contributed by atoms with E-state index < -0.39 is 10.0 Å². The first-order valence-electron chi connectivity index (χ1n) is 4.41. The molecule has 0 saturated heterocycles. The zero-order chi connectivity index (χ0) is 11.1. The van der Waals surface area contributed by atoms with Crippen LogP contribution in [0.5, 0.6) is 0 Å². The highest BCUT2D eigenvalue weighted by molar-refractivity contribution is 7.90. The number of benzene rings is 1. The summed E-state index contributed by atoms with van der Waals surface area (Å²) in [5.74, 6) is 0. The molecule has 0 spiro atoms. The quantitative estimate of drug-likeness (QED) is 0.758. The van der Waals surface area contributed by atoms with Crippen LogP contribution in [0.1, 0.15) is 6.92 Å². The zero-order valence-electron chi connectivity index (χ0n) is 8.01. The van der Waals surface area contributed by atoms with E-state index in [1.807, 2.05) is 6.92 Å². The first-order chi connectivity index (χ1) is 7.04. The second-order valence-electron chi connectivity index (χ2n) is 3.09. The predicted molar refractivity (Wildman–Crippen MR) is 60.1 cm³/mol. The number of anilines is 1. The summed E-state index contributed by atoms with van der Waals surface area (Å²) < 4.78 is 26.7. The molecule has 0 unspecified atom stereocenters. The molecule has 80 valence electrons. The van der Waals surface area contributed by atoms with Crippen LogP contribution in [0, 0.1) is 0 Å². The SMILES string of the molecule is CCN1C=NS(=O)(=O)c2cc(Cl)ccc21. The van der Waals surface area contributed by atoms with Crippen LogP contribution in [0.25, 0.3) is 0 Å². The first kappa shape index (κ1) is 10.4. The minimum absolute atomic E-state index is 0.166. The van der Waals surface area contributed by atoms with E-state index in [-0.39, 0.29) is 4.90 Å². The highest BCUT2D eigenvalue weighted by Crippen LogP contribution is 2.31. The Morgan fingerprint density at radius 1 is 1.47 bits per heavy atom. The van der Waals surface area contributed by atoms with Crippen molar-refractivity contribution in [3.8, 4) is 0 Å². The van der Waals surface area contributed by atoms with Gasteiger partial charge in [0, 0.05) is 11.6 Å². The molecule has 1 aliphatic heterocycles. The lowest BCUT2D eigenvalue weighted by molar-refractivity contribution is 0.597. The van der Waals surface area contributed by atoms with Gasteiger partial charge in [-0.1, -0.05) is 11.6 Å². The van der Waals surface area contributed by atoms with E-state index in [0.717, 1.165) is 0 Å². The molecule has 1 aromatic carbocycles. The molecule has 0 radical (unpaired) electrons. The van der Waals surface area contributed by atoms with Crippen molar-refractivity contribution in [2.24, 2.45) is 4.40 Å². The maximum atomic E-state index is 11.6. The topological polar surface area (TPSA) is 49.7 Å². The molecule has 0 N–H and O–H groups in total. The molecule has 0 aromatic heterocycles. The summed E-state index contributed by atoms with van der Waals surface area (Å²) in [5, 5.41) is 0.394. The molecule has 0 fully saturated rings. The van der Waals surface area contributed by atoms with Crippen LogP contribution in [-0.2, 0) is 10.0 Å². The lowest BCUT2D eigenvalue weighted by Gasteiger charge is -2.23. The lowest BCUT2D eigenvalue weighted by atomic mass is 10.3. The average Bonchev–Trinajstić information content (AvgIpc) is 2.19. The summed E-state index contributed by atoms with van der Waals surface area (Å²) in [4.78, 5) is 1.92. The predicted octanol–water partition coefficient (Wildman–Crippen LogP) is 1.90. The fourth-order valence-electron chi connectivity index (χ4n) is 1.42. The number of hydrogen-bond donors (Lipinski definition) is 0. The Hall–Kier alpha value is -1.07. The average molecular weight is 245 g/mol.